The predicted octanol–water partition coefficient (Wildman–Crippen LogP) is 2.37. The lowest BCUT2D eigenvalue weighted by atomic mass is 10.1. The fraction of sp³-hybridized carbons (Fsp3) is 0.231. The zero-order valence-electron chi connectivity index (χ0n) is 10.6. The molecule has 0 saturated carbocycles. The van der Waals surface area contributed by atoms with Gasteiger partial charge in [0.05, 0.1) is 16.1 Å². The maximum Gasteiger partial charge on any atom is 0.183 e. The van der Waals surface area contributed by atoms with E-state index >= 15 is 0 Å². The fourth-order valence-corrected chi connectivity index (χ4v) is 2.81. The molecule has 4 N–H and O–H groups in total. The molecule has 0 saturated heterocycles. The summed E-state index contributed by atoms with van der Waals surface area (Å²) in [5, 5.41) is 12.5. The van der Waals surface area contributed by atoms with Gasteiger partial charge in [0.2, 0.25) is 0 Å². The molecule has 19 heavy (non-hydrogen) atoms. The van der Waals surface area contributed by atoms with Crippen molar-refractivity contribution in [2.24, 2.45) is 5.73 Å². The molecular formula is C13H15N5S. The van der Waals surface area contributed by atoms with Gasteiger partial charge < -0.3 is 11.1 Å². The normalized spacial score (nSPS) is 11.1. The zero-order chi connectivity index (χ0) is 13.2. The summed E-state index contributed by atoms with van der Waals surface area (Å²) in [6.45, 7) is 3.35. The van der Waals surface area contributed by atoms with Crippen molar-refractivity contribution in [1.29, 1.82) is 0 Å². The van der Waals surface area contributed by atoms with Crippen LogP contribution in [0, 0.1) is 6.92 Å². The van der Waals surface area contributed by atoms with E-state index in [1.165, 1.54) is 0 Å². The standard InChI is InChI=1S/C13H15N5S/c1-8-10-6-9(2-3-11(10)18-17-8)12-7-16-13(19-12)15-5-4-14/h2-3,6-7H,4-5,14H2,1H3,(H,15,16)(H,17,18). The summed E-state index contributed by atoms with van der Waals surface area (Å²) in [6.07, 6.45) is 1.89. The smallest absolute Gasteiger partial charge is 0.183 e. The Morgan fingerprint density at radius 3 is 3.16 bits per heavy atom. The summed E-state index contributed by atoms with van der Waals surface area (Å²) in [6, 6.07) is 6.28. The Bertz CT molecular complexity index is 700. The first-order valence-corrected chi connectivity index (χ1v) is 6.94. The van der Waals surface area contributed by atoms with Crippen molar-refractivity contribution >= 4 is 27.4 Å². The SMILES string of the molecule is Cc1n[nH]c2ccc(-c3cnc(NCCN)s3)cc12. The minimum absolute atomic E-state index is 0.606. The van der Waals surface area contributed by atoms with Crippen LogP contribution in [0.25, 0.3) is 21.3 Å². The summed E-state index contributed by atoms with van der Waals surface area (Å²) in [7, 11) is 0. The molecule has 0 fully saturated rings. The van der Waals surface area contributed by atoms with Crippen molar-refractivity contribution < 1.29 is 0 Å². The number of nitrogens with one attached hydrogen (secondary N) is 2. The maximum atomic E-state index is 5.47. The average molecular weight is 273 g/mol. The number of benzene rings is 1. The van der Waals surface area contributed by atoms with Gasteiger partial charge in [-0.3, -0.25) is 5.10 Å². The lowest BCUT2D eigenvalue weighted by Crippen LogP contribution is -2.12. The highest BCUT2D eigenvalue weighted by molar-refractivity contribution is 7.18. The van der Waals surface area contributed by atoms with Crippen LogP contribution in [0.3, 0.4) is 0 Å². The van der Waals surface area contributed by atoms with Gasteiger partial charge in [0.1, 0.15) is 0 Å². The number of anilines is 1. The lowest BCUT2D eigenvalue weighted by Gasteiger charge is -1.98. The van der Waals surface area contributed by atoms with Crippen molar-refractivity contribution in [3.63, 3.8) is 0 Å². The van der Waals surface area contributed by atoms with Crippen LogP contribution in [0.5, 0.6) is 0 Å². The van der Waals surface area contributed by atoms with Crippen molar-refractivity contribution in [3.8, 4) is 10.4 Å². The second kappa shape index (κ2) is 4.99. The Labute approximate surface area is 114 Å². The predicted molar refractivity (Wildman–Crippen MR) is 79.5 cm³/mol. The summed E-state index contributed by atoms with van der Waals surface area (Å²) < 4.78 is 0. The number of aromatic amines is 1. The van der Waals surface area contributed by atoms with Gasteiger partial charge in [-0.2, -0.15) is 5.10 Å². The summed E-state index contributed by atoms with van der Waals surface area (Å²) in [4.78, 5) is 5.49. The number of hydrogen-bond donors (Lipinski definition) is 3. The first-order valence-electron chi connectivity index (χ1n) is 6.13. The van der Waals surface area contributed by atoms with Crippen molar-refractivity contribution in [1.82, 2.24) is 15.2 Å². The number of hydrogen-bond acceptors (Lipinski definition) is 5. The molecule has 0 radical (unpaired) electrons. The molecular weight excluding hydrogens is 258 g/mol. The second-order valence-corrected chi connectivity index (χ2v) is 5.35. The third-order valence-corrected chi connectivity index (χ3v) is 3.97. The van der Waals surface area contributed by atoms with Crippen LogP contribution in [-0.2, 0) is 0 Å². The molecule has 0 aliphatic carbocycles. The van der Waals surface area contributed by atoms with E-state index < -0.39 is 0 Å². The quantitative estimate of drug-likeness (QED) is 0.682. The number of thiazole rings is 1. The number of nitrogens with two attached hydrogens (primary N) is 1. The first kappa shape index (κ1) is 12.1. The minimum atomic E-state index is 0.606. The number of H-pyrrole nitrogens is 1. The van der Waals surface area contributed by atoms with Crippen molar-refractivity contribution in [3.05, 3.63) is 30.1 Å². The zero-order valence-corrected chi connectivity index (χ0v) is 11.4. The fourth-order valence-electron chi connectivity index (χ4n) is 1.97. The molecule has 3 aromatic rings. The molecule has 1 aromatic carbocycles. The van der Waals surface area contributed by atoms with Crippen molar-refractivity contribution in [2.45, 2.75) is 6.92 Å². The molecule has 0 spiro atoms. The van der Waals surface area contributed by atoms with Crippen molar-refractivity contribution in [2.75, 3.05) is 18.4 Å². The van der Waals surface area contributed by atoms with E-state index in [0.29, 0.717) is 6.54 Å². The Balaban J connectivity index is 1.94. The highest BCUT2D eigenvalue weighted by Gasteiger charge is 2.07. The molecule has 0 bridgehead atoms. The molecule has 98 valence electrons. The molecule has 3 rings (SSSR count). The lowest BCUT2D eigenvalue weighted by molar-refractivity contribution is 1.02. The summed E-state index contributed by atoms with van der Waals surface area (Å²) >= 11 is 1.63. The largest absolute Gasteiger partial charge is 0.360 e. The van der Waals surface area contributed by atoms with Gasteiger partial charge >= 0.3 is 0 Å². The molecule has 0 atom stereocenters. The van der Waals surface area contributed by atoms with Crippen LogP contribution in [-0.4, -0.2) is 28.3 Å². The van der Waals surface area contributed by atoms with E-state index in [4.69, 9.17) is 5.73 Å². The molecule has 5 nitrogen and oxygen atoms in total. The van der Waals surface area contributed by atoms with Gasteiger partial charge in [0.15, 0.2) is 5.13 Å². The van der Waals surface area contributed by atoms with E-state index in [0.717, 1.165) is 38.7 Å². The van der Waals surface area contributed by atoms with Gasteiger partial charge in [-0.25, -0.2) is 4.98 Å². The molecule has 0 unspecified atom stereocenters. The van der Waals surface area contributed by atoms with Crippen LogP contribution in [0.2, 0.25) is 0 Å². The van der Waals surface area contributed by atoms with Crippen LogP contribution >= 0.6 is 11.3 Å². The maximum absolute atomic E-state index is 5.47. The third kappa shape index (κ3) is 2.32. The molecule has 2 aromatic heterocycles. The van der Waals surface area contributed by atoms with Gasteiger partial charge in [-0.15, -0.1) is 0 Å². The minimum Gasteiger partial charge on any atom is -0.360 e. The van der Waals surface area contributed by atoms with E-state index in [1.807, 2.05) is 13.1 Å². The number of aromatic nitrogens is 3. The van der Waals surface area contributed by atoms with Crippen LogP contribution in [0.1, 0.15) is 5.69 Å². The highest BCUT2D eigenvalue weighted by atomic mass is 32.1. The van der Waals surface area contributed by atoms with Crippen LogP contribution in [0.4, 0.5) is 5.13 Å². The van der Waals surface area contributed by atoms with Gasteiger partial charge in [-0.1, -0.05) is 17.4 Å². The van der Waals surface area contributed by atoms with Crippen LogP contribution < -0.4 is 11.1 Å². The monoisotopic (exact) mass is 273 g/mol. The van der Waals surface area contributed by atoms with Gasteiger partial charge in [0.25, 0.3) is 0 Å². The van der Waals surface area contributed by atoms with Gasteiger partial charge in [0, 0.05) is 24.7 Å². The molecule has 0 aliphatic rings. The first-order chi connectivity index (χ1) is 9.28. The van der Waals surface area contributed by atoms with Crippen LogP contribution in [0.15, 0.2) is 24.4 Å². The Morgan fingerprint density at radius 2 is 2.32 bits per heavy atom. The van der Waals surface area contributed by atoms with E-state index in [2.05, 4.69) is 38.7 Å². The second-order valence-electron chi connectivity index (χ2n) is 4.31. The molecule has 6 heteroatoms. The number of nitrogens with zero attached hydrogens (tertiary/aromatic N) is 2. The van der Waals surface area contributed by atoms with E-state index in [9.17, 15) is 0 Å². The Kier molecular flexibility index (Phi) is 3.18. The summed E-state index contributed by atoms with van der Waals surface area (Å²) in [5.74, 6) is 0. The topological polar surface area (TPSA) is 79.6 Å². The highest BCUT2D eigenvalue weighted by Crippen LogP contribution is 2.31. The third-order valence-electron chi connectivity index (χ3n) is 2.96. The summed E-state index contributed by atoms with van der Waals surface area (Å²) in [5.41, 5.74) is 8.71. The Hall–Kier alpha value is -1.92. The molecule has 0 aliphatic heterocycles. The van der Waals surface area contributed by atoms with Gasteiger partial charge in [-0.05, 0) is 24.6 Å². The number of aryl methyl sites for hydroxylation is 1. The van der Waals surface area contributed by atoms with E-state index in [1.54, 1.807) is 11.3 Å². The average Bonchev–Trinajstić information content (AvgIpc) is 3.04. The molecule has 0 amide bonds. The number of fused-ring (bicyclic) bond motifs is 1. The van der Waals surface area contributed by atoms with E-state index in [-0.39, 0.29) is 0 Å². The Morgan fingerprint density at radius 1 is 1.42 bits per heavy atom. The number of rotatable bonds is 4. The molecule has 2 heterocycles.